The van der Waals surface area contributed by atoms with Gasteiger partial charge in [0.15, 0.2) is 0 Å². The van der Waals surface area contributed by atoms with Crippen molar-refractivity contribution in [2.75, 3.05) is 13.1 Å². The van der Waals surface area contributed by atoms with Crippen molar-refractivity contribution in [2.45, 2.75) is 66.3 Å². The van der Waals surface area contributed by atoms with E-state index in [1.165, 1.54) is 6.42 Å². The van der Waals surface area contributed by atoms with Gasteiger partial charge in [-0.2, -0.15) is 0 Å². The highest BCUT2D eigenvalue weighted by Crippen LogP contribution is 2.29. The van der Waals surface area contributed by atoms with E-state index in [-0.39, 0.29) is 12.1 Å². The molecule has 1 aliphatic rings. The molecule has 5 nitrogen and oxygen atoms in total. The van der Waals surface area contributed by atoms with Crippen molar-refractivity contribution >= 4 is 6.03 Å². The van der Waals surface area contributed by atoms with Gasteiger partial charge in [-0.1, -0.05) is 19.0 Å². The average molecular weight is 307 g/mol. The zero-order chi connectivity index (χ0) is 16.3. The van der Waals surface area contributed by atoms with Gasteiger partial charge in [0.25, 0.3) is 0 Å². The van der Waals surface area contributed by atoms with Gasteiger partial charge in [-0.3, -0.25) is 0 Å². The number of nitrogens with one attached hydrogen (secondary N) is 1. The molecule has 0 radical (unpaired) electrons. The zero-order valence-electron chi connectivity index (χ0n) is 14.5. The Morgan fingerprint density at radius 1 is 1.36 bits per heavy atom. The molecule has 1 aromatic rings. The minimum atomic E-state index is 0.0527. The molecule has 1 fully saturated rings. The van der Waals surface area contributed by atoms with E-state index >= 15 is 0 Å². The molecule has 1 unspecified atom stereocenters. The molecule has 1 aliphatic heterocycles. The van der Waals surface area contributed by atoms with Crippen LogP contribution in [0.25, 0.3) is 0 Å². The Morgan fingerprint density at radius 3 is 2.73 bits per heavy atom. The number of carbonyl (C=O) groups is 1. The third kappa shape index (κ3) is 4.24. The van der Waals surface area contributed by atoms with Crippen LogP contribution in [-0.2, 0) is 6.42 Å². The molecule has 5 heteroatoms. The molecular weight excluding hydrogens is 278 g/mol. The molecule has 2 amide bonds. The number of likely N-dealkylation sites (tertiary alicyclic amines) is 1. The number of urea groups is 1. The normalized spacial score (nSPS) is 19.6. The highest BCUT2D eigenvalue weighted by atomic mass is 16.5. The van der Waals surface area contributed by atoms with Gasteiger partial charge in [-0.05, 0) is 51.9 Å². The third-order valence-corrected chi connectivity index (χ3v) is 4.69. The van der Waals surface area contributed by atoms with Crippen molar-refractivity contribution in [2.24, 2.45) is 5.41 Å². The first-order valence-electron chi connectivity index (χ1n) is 8.26. The first kappa shape index (κ1) is 16.8. The van der Waals surface area contributed by atoms with Crippen LogP contribution in [0.1, 0.15) is 57.1 Å². The van der Waals surface area contributed by atoms with Crippen LogP contribution in [-0.4, -0.2) is 35.2 Å². The summed E-state index contributed by atoms with van der Waals surface area (Å²) in [6, 6.07) is 0.123. The molecule has 0 aliphatic carbocycles. The number of amides is 2. The maximum Gasteiger partial charge on any atom is 0.317 e. The summed E-state index contributed by atoms with van der Waals surface area (Å²) in [5, 5.41) is 7.08. The number of nitrogens with zero attached hydrogens (tertiary/aromatic N) is 2. The molecule has 2 rings (SSSR count). The number of aryl methyl sites for hydroxylation is 2. The van der Waals surface area contributed by atoms with Crippen LogP contribution < -0.4 is 5.32 Å². The summed E-state index contributed by atoms with van der Waals surface area (Å²) in [7, 11) is 0. The summed E-state index contributed by atoms with van der Waals surface area (Å²) >= 11 is 0. The first-order valence-corrected chi connectivity index (χ1v) is 8.26. The van der Waals surface area contributed by atoms with Gasteiger partial charge >= 0.3 is 6.03 Å². The monoisotopic (exact) mass is 307 g/mol. The fourth-order valence-electron chi connectivity index (χ4n) is 3.08. The van der Waals surface area contributed by atoms with Crippen molar-refractivity contribution in [3.8, 4) is 0 Å². The Balaban J connectivity index is 1.88. The van der Waals surface area contributed by atoms with Gasteiger partial charge in [0, 0.05) is 24.7 Å². The lowest BCUT2D eigenvalue weighted by molar-refractivity contribution is 0.194. The Labute approximate surface area is 133 Å². The minimum Gasteiger partial charge on any atom is -0.361 e. The second kappa shape index (κ2) is 6.71. The second-order valence-electron chi connectivity index (χ2n) is 7.36. The lowest BCUT2D eigenvalue weighted by atomic mass is 9.85. The van der Waals surface area contributed by atoms with Gasteiger partial charge in [-0.25, -0.2) is 4.79 Å². The van der Waals surface area contributed by atoms with E-state index in [9.17, 15) is 4.79 Å². The molecule has 22 heavy (non-hydrogen) atoms. The summed E-state index contributed by atoms with van der Waals surface area (Å²) in [5.41, 5.74) is 2.36. The van der Waals surface area contributed by atoms with E-state index in [1.54, 1.807) is 0 Å². The van der Waals surface area contributed by atoms with Crippen LogP contribution in [0.3, 0.4) is 0 Å². The van der Waals surface area contributed by atoms with Gasteiger partial charge in [-0.15, -0.1) is 0 Å². The average Bonchev–Trinajstić information content (AvgIpc) is 2.63. The van der Waals surface area contributed by atoms with Crippen molar-refractivity contribution < 1.29 is 9.32 Å². The molecule has 0 spiro atoms. The number of aromatic nitrogens is 1. The van der Waals surface area contributed by atoms with E-state index in [0.717, 1.165) is 49.4 Å². The molecule has 0 bridgehead atoms. The molecular formula is C17H29N3O2. The second-order valence-corrected chi connectivity index (χ2v) is 7.36. The van der Waals surface area contributed by atoms with Gasteiger partial charge < -0.3 is 14.7 Å². The smallest absolute Gasteiger partial charge is 0.317 e. The van der Waals surface area contributed by atoms with E-state index in [4.69, 9.17) is 4.52 Å². The molecule has 1 saturated heterocycles. The van der Waals surface area contributed by atoms with Crippen molar-refractivity contribution in [1.29, 1.82) is 0 Å². The number of hydrogen-bond donors (Lipinski definition) is 1. The summed E-state index contributed by atoms with van der Waals surface area (Å²) in [4.78, 5) is 14.4. The zero-order valence-corrected chi connectivity index (χ0v) is 14.5. The van der Waals surface area contributed by atoms with Gasteiger partial charge in [0.05, 0.1) is 5.69 Å². The molecule has 0 saturated carbocycles. The predicted octanol–water partition coefficient (Wildman–Crippen LogP) is 3.44. The van der Waals surface area contributed by atoms with Crippen LogP contribution in [0.5, 0.6) is 0 Å². The van der Waals surface area contributed by atoms with Crippen molar-refractivity contribution in [3.63, 3.8) is 0 Å². The van der Waals surface area contributed by atoms with E-state index in [0.29, 0.717) is 5.41 Å². The van der Waals surface area contributed by atoms with E-state index in [2.05, 4.69) is 24.3 Å². The predicted molar refractivity (Wildman–Crippen MR) is 86.9 cm³/mol. The number of hydrogen-bond acceptors (Lipinski definition) is 3. The summed E-state index contributed by atoms with van der Waals surface area (Å²) in [5.74, 6) is 0.843. The van der Waals surface area contributed by atoms with Gasteiger partial charge in [0.1, 0.15) is 5.76 Å². The topological polar surface area (TPSA) is 58.4 Å². The van der Waals surface area contributed by atoms with E-state index in [1.807, 2.05) is 25.7 Å². The quantitative estimate of drug-likeness (QED) is 0.930. The third-order valence-electron chi connectivity index (χ3n) is 4.69. The standard InChI is InChI=1S/C17H29N3O2/c1-12(11-15-13(2)19-22-14(15)3)18-16(21)20-9-6-7-17(4,5)8-10-20/h12H,6-11H2,1-5H3,(H,18,21). The van der Waals surface area contributed by atoms with E-state index < -0.39 is 0 Å². The van der Waals surface area contributed by atoms with Crippen molar-refractivity contribution in [3.05, 3.63) is 17.0 Å². The summed E-state index contributed by atoms with van der Waals surface area (Å²) < 4.78 is 5.18. The van der Waals surface area contributed by atoms with Crippen LogP contribution in [0.2, 0.25) is 0 Å². The number of carbonyl (C=O) groups excluding carboxylic acids is 1. The van der Waals surface area contributed by atoms with Crippen LogP contribution in [0.15, 0.2) is 4.52 Å². The first-order chi connectivity index (χ1) is 10.3. The van der Waals surface area contributed by atoms with Crippen LogP contribution in [0.4, 0.5) is 4.79 Å². The highest BCUT2D eigenvalue weighted by Gasteiger charge is 2.26. The molecule has 1 N–H and O–H groups in total. The maximum atomic E-state index is 12.4. The highest BCUT2D eigenvalue weighted by molar-refractivity contribution is 5.74. The fraction of sp³-hybridized carbons (Fsp3) is 0.765. The van der Waals surface area contributed by atoms with Crippen LogP contribution in [0, 0.1) is 19.3 Å². The summed E-state index contributed by atoms with van der Waals surface area (Å²) in [6.07, 6.45) is 4.09. The lowest BCUT2D eigenvalue weighted by Crippen LogP contribution is -2.45. The molecule has 0 aromatic carbocycles. The number of rotatable bonds is 3. The molecule has 124 valence electrons. The molecule has 2 heterocycles. The Morgan fingerprint density at radius 2 is 2.09 bits per heavy atom. The lowest BCUT2D eigenvalue weighted by Gasteiger charge is -2.25. The van der Waals surface area contributed by atoms with Crippen molar-refractivity contribution in [1.82, 2.24) is 15.4 Å². The van der Waals surface area contributed by atoms with Crippen LogP contribution >= 0.6 is 0 Å². The molecule has 1 aromatic heterocycles. The Hall–Kier alpha value is -1.52. The minimum absolute atomic E-state index is 0.0527. The largest absolute Gasteiger partial charge is 0.361 e. The maximum absolute atomic E-state index is 12.4. The SMILES string of the molecule is Cc1noc(C)c1CC(C)NC(=O)N1CCCC(C)(C)CC1. The Kier molecular flexibility index (Phi) is 5.14. The fourth-order valence-corrected chi connectivity index (χ4v) is 3.08. The van der Waals surface area contributed by atoms with Gasteiger partial charge in [0.2, 0.25) is 0 Å². The molecule has 1 atom stereocenters. The summed E-state index contributed by atoms with van der Waals surface area (Å²) in [6.45, 7) is 12.2. The Bertz CT molecular complexity index is 502.